The molecule has 0 aliphatic heterocycles. The molecule has 10 heteroatoms. The minimum absolute atomic E-state index is 0.0494. The molecule has 4 rings (SSSR count). The minimum atomic E-state index is -3.66. The van der Waals surface area contributed by atoms with Crippen LogP contribution < -0.4 is 5.32 Å². The van der Waals surface area contributed by atoms with Gasteiger partial charge in [-0.1, -0.05) is 11.2 Å². The highest BCUT2D eigenvalue weighted by Gasteiger charge is 2.21. The van der Waals surface area contributed by atoms with Crippen LogP contribution in [0.5, 0.6) is 0 Å². The van der Waals surface area contributed by atoms with E-state index in [1.165, 1.54) is 38.4 Å². The Morgan fingerprint density at radius 1 is 1.09 bits per heavy atom. The van der Waals surface area contributed by atoms with Crippen LogP contribution in [0.4, 0.5) is 10.1 Å². The second-order valence-corrected chi connectivity index (χ2v) is 9.43. The fraction of sp³-hybridized carbons (Fsp3) is 0.136. The molecular formula is C22H19FN4O4S. The Bertz CT molecular complexity index is 1430. The maximum Gasteiger partial charge on any atom is 0.259 e. The van der Waals surface area contributed by atoms with E-state index in [0.29, 0.717) is 28.0 Å². The number of hydrogen-bond donors (Lipinski definition) is 1. The van der Waals surface area contributed by atoms with E-state index < -0.39 is 21.7 Å². The maximum atomic E-state index is 13.3. The second kappa shape index (κ2) is 8.13. The first-order chi connectivity index (χ1) is 15.2. The number of amides is 1. The summed E-state index contributed by atoms with van der Waals surface area (Å²) < 4.78 is 44.5. The van der Waals surface area contributed by atoms with Crippen molar-refractivity contribution in [2.24, 2.45) is 0 Å². The van der Waals surface area contributed by atoms with E-state index in [0.717, 1.165) is 4.31 Å². The summed E-state index contributed by atoms with van der Waals surface area (Å²) in [4.78, 5) is 17.6. The van der Waals surface area contributed by atoms with Crippen molar-refractivity contribution in [1.82, 2.24) is 14.4 Å². The number of aromatic nitrogens is 2. The van der Waals surface area contributed by atoms with Crippen molar-refractivity contribution >= 4 is 32.7 Å². The predicted molar refractivity (Wildman–Crippen MR) is 117 cm³/mol. The fourth-order valence-corrected chi connectivity index (χ4v) is 4.13. The lowest BCUT2D eigenvalue weighted by atomic mass is 10.0. The van der Waals surface area contributed by atoms with Crippen LogP contribution in [0.2, 0.25) is 0 Å². The van der Waals surface area contributed by atoms with Gasteiger partial charge in [-0.2, -0.15) is 0 Å². The molecule has 0 spiro atoms. The molecule has 0 bridgehead atoms. The Morgan fingerprint density at radius 2 is 1.81 bits per heavy atom. The zero-order valence-corrected chi connectivity index (χ0v) is 18.3. The summed E-state index contributed by atoms with van der Waals surface area (Å²) in [7, 11) is -0.801. The first kappa shape index (κ1) is 21.6. The molecule has 8 nitrogen and oxygen atoms in total. The number of carbonyl (C=O) groups is 1. The Balaban J connectivity index is 1.76. The highest BCUT2D eigenvalue weighted by Crippen LogP contribution is 2.28. The number of carbonyl (C=O) groups excluding carboxylic acids is 1. The molecule has 2 aromatic carbocycles. The highest BCUT2D eigenvalue weighted by molar-refractivity contribution is 7.89. The number of halogens is 1. The minimum Gasteiger partial charge on any atom is -0.335 e. The van der Waals surface area contributed by atoms with Gasteiger partial charge < -0.3 is 9.84 Å². The SMILES string of the molecule is Cc1noc2nc(-c3ccc(F)cc3)cc(C(=O)Nc3cccc(S(=O)(=O)N(C)C)c3)c12. The number of nitrogens with one attached hydrogen (secondary N) is 1. The lowest BCUT2D eigenvalue weighted by Gasteiger charge is -2.13. The number of rotatable bonds is 5. The molecule has 0 aliphatic carbocycles. The molecular weight excluding hydrogens is 435 g/mol. The average molecular weight is 454 g/mol. The van der Waals surface area contributed by atoms with Gasteiger partial charge in [0.1, 0.15) is 5.82 Å². The third kappa shape index (κ3) is 3.97. The van der Waals surface area contributed by atoms with Gasteiger partial charge in [0, 0.05) is 25.3 Å². The molecule has 4 aromatic rings. The number of sulfonamides is 1. The summed E-state index contributed by atoms with van der Waals surface area (Å²) in [5.74, 6) is -0.887. The van der Waals surface area contributed by atoms with Gasteiger partial charge in [-0.15, -0.1) is 0 Å². The molecule has 0 unspecified atom stereocenters. The smallest absolute Gasteiger partial charge is 0.259 e. The Kier molecular flexibility index (Phi) is 5.49. The zero-order chi connectivity index (χ0) is 23.0. The molecule has 32 heavy (non-hydrogen) atoms. The quantitative estimate of drug-likeness (QED) is 0.491. The summed E-state index contributed by atoms with van der Waals surface area (Å²) >= 11 is 0. The monoisotopic (exact) mass is 454 g/mol. The third-order valence-corrected chi connectivity index (χ3v) is 6.68. The molecule has 0 saturated carbocycles. The van der Waals surface area contributed by atoms with Gasteiger partial charge in [0.25, 0.3) is 11.6 Å². The van der Waals surface area contributed by atoms with Crippen LogP contribution >= 0.6 is 0 Å². The van der Waals surface area contributed by atoms with Gasteiger partial charge in [0.15, 0.2) is 0 Å². The Labute approximate surface area is 183 Å². The van der Waals surface area contributed by atoms with Crippen molar-refractivity contribution in [2.45, 2.75) is 11.8 Å². The summed E-state index contributed by atoms with van der Waals surface area (Å²) in [6.07, 6.45) is 0. The van der Waals surface area contributed by atoms with Gasteiger partial charge in [0.2, 0.25) is 10.0 Å². The Morgan fingerprint density at radius 3 is 2.50 bits per heavy atom. The van der Waals surface area contributed by atoms with Crippen molar-refractivity contribution < 1.29 is 22.1 Å². The second-order valence-electron chi connectivity index (χ2n) is 7.28. The van der Waals surface area contributed by atoms with Crippen molar-refractivity contribution in [3.05, 3.63) is 71.7 Å². The first-order valence-electron chi connectivity index (χ1n) is 9.54. The molecule has 0 atom stereocenters. The van der Waals surface area contributed by atoms with Gasteiger partial charge in [-0.05, 0) is 55.5 Å². The molecule has 2 aromatic heterocycles. The summed E-state index contributed by atoms with van der Waals surface area (Å²) in [5.41, 5.74) is 2.19. The van der Waals surface area contributed by atoms with Gasteiger partial charge >= 0.3 is 0 Å². The van der Waals surface area contributed by atoms with Crippen LogP contribution in [-0.2, 0) is 10.0 Å². The normalized spacial score (nSPS) is 11.8. The molecule has 0 fully saturated rings. The van der Waals surface area contributed by atoms with Crippen LogP contribution in [-0.4, -0.2) is 42.9 Å². The molecule has 1 amide bonds. The van der Waals surface area contributed by atoms with E-state index in [4.69, 9.17) is 4.52 Å². The van der Waals surface area contributed by atoms with Gasteiger partial charge in [-0.25, -0.2) is 22.1 Å². The third-order valence-electron chi connectivity index (χ3n) is 4.87. The van der Waals surface area contributed by atoms with Crippen molar-refractivity contribution in [2.75, 3.05) is 19.4 Å². The van der Waals surface area contributed by atoms with Crippen LogP contribution in [0.25, 0.3) is 22.4 Å². The summed E-state index contributed by atoms with van der Waals surface area (Å²) in [5, 5.41) is 7.06. The predicted octanol–water partition coefficient (Wildman–Crippen LogP) is 3.84. The van der Waals surface area contributed by atoms with E-state index in [-0.39, 0.29) is 16.2 Å². The van der Waals surface area contributed by atoms with E-state index >= 15 is 0 Å². The lowest BCUT2D eigenvalue weighted by molar-refractivity contribution is 0.102. The van der Waals surface area contributed by atoms with Crippen LogP contribution in [0.1, 0.15) is 16.1 Å². The topological polar surface area (TPSA) is 105 Å². The molecule has 164 valence electrons. The number of hydrogen-bond acceptors (Lipinski definition) is 6. The summed E-state index contributed by atoms with van der Waals surface area (Å²) in [6, 6.07) is 13.2. The number of pyridine rings is 1. The number of aryl methyl sites for hydroxylation is 1. The molecule has 0 radical (unpaired) electrons. The molecule has 1 N–H and O–H groups in total. The van der Waals surface area contributed by atoms with Crippen molar-refractivity contribution in [3.8, 4) is 11.3 Å². The van der Waals surface area contributed by atoms with Crippen LogP contribution in [0, 0.1) is 12.7 Å². The largest absolute Gasteiger partial charge is 0.335 e. The van der Waals surface area contributed by atoms with E-state index in [1.54, 1.807) is 37.3 Å². The highest BCUT2D eigenvalue weighted by atomic mass is 32.2. The van der Waals surface area contributed by atoms with Crippen molar-refractivity contribution in [1.29, 1.82) is 0 Å². The van der Waals surface area contributed by atoms with Gasteiger partial charge in [0.05, 0.1) is 27.2 Å². The summed E-state index contributed by atoms with van der Waals surface area (Å²) in [6.45, 7) is 1.69. The maximum absolute atomic E-state index is 13.3. The number of anilines is 1. The number of nitrogens with zero attached hydrogens (tertiary/aromatic N) is 3. The van der Waals surface area contributed by atoms with E-state index in [2.05, 4.69) is 15.5 Å². The molecule has 0 aliphatic rings. The average Bonchev–Trinajstić information content (AvgIpc) is 3.14. The standard InChI is InChI=1S/C22H19FN4O4S/c1-13-20-18(12-19(25-22(20)31-26-13)14-7-9-15(23)10-8-14)21(28)24-16-5-4-6-17(11-16)32(29,30)27(2)3/h4-12H,1-3H3,(H,24,28). The Hall–Kier alpha value is -3.63. The first-order valence-corrected chi connectivity index (χ1v) is 11.0. The van der Waals surface area contributed by atoms with Crippen molar-refractivity contribution in [3.63, 3.8) is 0 Å². The van der Waals surface area contributed by atoms with Gasteiger partial charge in [-0.3, -0.25) is 4.79 Å². The number of benzene rings is 2. The van der Waals surface area contributed by atoms with Crippen LogP contribution in [0.15, 0.2) is 64.0 Å². The lowest BCUT2D eigenvalue weighted by Crippen LogP contribution is -2.22. The molecule has 0 saturated heterocycles. The zero-order valence-electron chi connectivity index (χ0n) is 17.5. The number of fused-ring (bicyclic) bond motifs is 1. The fourth-order valence-electron chi connectivity index (χ4n) is 3.19. The van der Waals surface area contributed by atoms with E-state index in [1.807, 2.05) is 0 Å². The molecule has 2 heterocycles. The van der Waals surface area contributed by atoms with E-state index in [9.17, 15) is 17.6 Å². The van der Waals surface area contributed by atoms with Crippen LogP contribution in [0.3, 0.4) is 0 Å².